The van der Waals surface area contributed by atoms with Crippen molar-refractivity contribution in [2.75, 3.05) is 33.5 Å². The molecule has 5 heteroatoms. The van der Waals surface area contributed by atoms with Gasteiger partial charge in [0.25, 0.3) is 0 Å². The zero-order valence-corrected chi connectivity index (χ0v) is 11.9. The van der Waals surface area contributed by atoms with Crippen molar-refractivity contribution in [3.05, 3.63) is 22.4 Å². The van der Waals surface area contributed by atoms with Gasteiger partial charge in [-0.1, -0.05) is 0 Å². The van der Waals surface area contributed by atoms with Crippen LogP contribution in [0.2, 0.25) is 0 Å². The highest BCUT2D eigenvalue weighted by Gasteiger charge is 2.08. The average molecular weight is 273 g/mol. The van der Waals surface area contributed by atoms with Crippen LogP contribution in [0.1, 0.15) is 12.5 Å². The highest BCUT2D eigenvalue weighted by molar-refractivity contribution is 7.07. The molecule has 1 aromatic rings. The van der Waals surface area contributed by atoms with Crippen LogP contribution in [0.15, 0.2) is 16.8 Å². The van der Waals surface area contributed by atoms with E-state index in [1.807, 2.05) is 0 Å². The van der Waals surface area contributed by atoms with Crippen LogP contribution >= 0.6 is 11.3 Å². The number of aliphatic hydroxyl groups is 1. The Kier molecular flexibility index (Phi) is 8.20. The van der Waals surface area contributed by atoms with Crippen molar-refractivity contribution in [2.45, 2.75) is 25.5 Å². The van der Waals surface area contributed by atoms with E-state index < -0.39 is 6.10 Å². The van der Waals surface area contributed by atoms with Gasteiger partial charge in [0.15, 0.2) is 0 Å². The van der Waals surface area contributed by atoms with Gasteiger partial charge in [-0.3, -0.25) is 0 Å². The number of thiophene rings is 1. The Hall–Kier alpha value is -0.460. The third kappa shape index (κ3) is 7.08. The third-order valence-corrected chi connectivity index (χ3v) is 3.30. The number of rotatable bonds is 10. The largest absolute Gasteiger partial charge is 0.389 e. The van der Waals surface area contributed by atoms with Gasteiger partial charge in [0.05, 0.1) is 25.9 Å². The molecular formula is C13H23NO3S. The van der Waals surface area contributed by atoms with E-state index in [9.17, 15) is 5.11 Å². The summed E-state index contributed by atoms with van der Waals surface area (Å²) in [5.41, 5.74) is 1.34. The second-order valence-corrected chi connectivity index (χ2v) is 5.15. The van der Waals surface area contributed by atoms with Crippen molar-refractivity contribution in [3.63, 3.8) is 0 Å². The topological polar surface area (TPSA) is 50.7 Å². The second-order valence-electron chi connectivity index (χ2n) is 4.37. The lowest BCUT2D eigenvalue weighted by Gasteiger charge is -2.16. The summed E-state index contributed by atoms with van der Waals surface area (Å²) in [6.07, 6.45) is 0.521. The fourth-order valence-corrected chi connectivity index (χ4v) is 2.27. The van der Waals surface area contributed by atoms with E-state index in [4.69, 9.17) is 9.47 Å². The van der Waals surface area contributed by atoms with E-state index in [1.54, 1.807) is 18.4 Å². The summed E-state index contributed by atoms with van der Waals surface area (Å²) < 4.78 is 10.1. The lowest BCUT2D eigenvalue weighted by atomic mass is 10.1. The molecule has 2 atom stereocenters. The highest BCUT2D eigenvalue weighted by atomic mass is 32.1. The van der Waals surface area contributed by atoms with Crippen LogP contribution in [0.4, 0.5) is 0 Å². The maximum absolute atomic E-state index is 9.70. The fourth-order valence-electron chi connectivity index (χ4n) is 1.59. The first-order chi connectivity index (χ1) is 8.72. The predicted molar refractivity (Wildman–Crippen MR) is 74.2 cm³/mol. The molecule has 0 saturated heterocycles. The van der Waals surface area contributed by atoms with Gasteiger partial charge in [0.2, 0.25) is 0 Å². The minimum Gasteiger partial charge on any atom is -0.389 e. The maximum atomic E-state index is 9.70. The Morgan fingerprint density at radius 3 is 2.94 bits per heavy atom. The van der Waals surface area contributed by atoms with Crippen LogP contribution in [0.25, 0.3) is 0 Å². The monoisotopic (exact) mass is 273 g/mol. The first-order valence-corrected chi connectivity index (χ1v) is 7.16. The maximum Gasteiger partial charge on any atom is 0.0897 e. The van der Waals surface area contributed by atoms with Crippen molar-refractivity contribution < 1.29 is 14.6 Å². The minimum absolute atomic E-state index is 0.349. The van der Waals surface area contributed by atoms with E-state index in [2.05, 4.69) is 29.1 Å². The molecule has 0 radical (unpaired) electrons. The second kappa shape index (κ2) is 9.47. The molecule has 0 saturated carbocycles. The Labute approximate surface area is 113 Å². The van der Waals surface area contributed by atoms with E-state index >= 15 is 0 Å². The minimum atomic E-state index is -0.466. The van der Waals surface area contributed by atoms with E-state index in [0.717, 1.165) is 6.42 Å². The lowest BCUT2D eigenvalue weighted by molar-refractivity contribution is 0.0131. The van der Waals surface area contributed by atoms with Crippen LogP contribution in [0, 0.1) is 0 Å². The molecular weight excluding hydrogens is 250 g/mol. The van der Waals surface area contributed by atoms with Gasteiger partial charge in [-0.2, -0.15) is 11.3 Å². The zero-order chi connectivity index (χ0) is 13.2. The van der Waals surface area contributed by atoms with Crippen molar-refractivity contribution in [1.29, 1.82) is 0 Å². The van der Waals surface area contributed by atoms with Crippen molar-refractivity contribution in [1.82, 2.24) is 5.32 Å². The Bertz CT molecular complexity index is 292. The summed E-state index contributed by atoms with van der Waals surface area (Å²) in [5, 5.41) is 17.2. The molecule has 0 spiro atoms. The van der Waals surface area contributed by atoms with Gasteiger partial charge in [0.1, 0.15) is 0 Å². The smallest absolute Gasteiger partial charge is 0.0897 e. The summed E-state index contributed by atoms with van der Waals surface area (Å²) in [4.78, 5) is 0. The molecule has 1 aromatic heterocycles. The molecule has 1 heterocycles. The molecule has 18 heavy (non-hydrogen) atoms. The summed E-state index contributed by atoms with van der Waals surface area (Å²) in [6, 6.07) is 2.49. The van der Waals surface area contributed by atoms with Crippen molar-refractivity contribution in [3.8, 4) is 0 Å². The molecule has 2 unspecified atom stereocenters. The van der Waals surface area contributed by atoms with Gasteiger partial charge < -0.3 is 19.9 Å². The number of ether oxygens (including phenoxy) is 2. The summed E-state index contributed by atoms with van der Waals surface area (Å²) in [5.74, 6) is 0. The molecule has 0 amide bonds. The Balaban J connectivity index is 2.04. The summed E-state index contributed by atoms with van der Waals surface area (Å²) >= 11 is 1.71. The average Bonchev–Trinajstić information content (AvgIpc) is 2.85. The lowest BCUT2D eigenvalue weighted by Crippen LogP contribution is -2.37. The molecule has 104 valence electrons. The van der Waals surface area contributed by atoms with Gasteiger partial charge in [-0.25, -0.2) is 0 Å². The van der Waals surface area contributed by atoms with Crippen LogP contribution in [0.5, 0.6) is 0 Å². The highest BCUT2D eigenvalue weighted by Crippen LogP contribution is 2.08. The summed E-state index contributed by atoms with van der Waals surface area (Å²) in [7, 11) is 1.63. The molecule has 0 aliphatic rings. The number of nitrogens with one attached hydrogen (secondary N) is 1. The molecule has 4 nitrogen and oxygen atoms in total. The molecule has 0 aliphatic heterocycles. The number of aliphatic hydroxyl groups excluding tert-OH is 1. The molecule has 0 bridgehead atoms. The number of methoxy groups -OCH3 is 1. The van der Waals surface area contributed by atoms with E-state index in [0.29, 0.717) is 32.4 Å². The van der Waals surface area contributed by atoms with Crippen LogP contribution in [-0.4, -0.2) is 50.7 Å². The molecule has 0 aromatic carbocycles. The first-order valence-electron chi connectivity index (χ1n) is 6.21. The molecule has 0 aliphatic carbocycles. The normalized spacial score (nSPS) is 14.6. The Morgan fingerprint density at radius 2 is 2.28 bits per heavy atom. The van der Waals surface area contributed by atoms with Crippen LogP contribution < -0.4 is 5.32 Å². The SMILES string of the molecule is COCCOCC(O)CNC(C)Cc1ccsc1. The van der Waals surface area contributed by atoms with Gasteiger partial charge in [-0.05, 0) is 35.7 Å². The fraction of sp³-hybridized carbons (Fsp3) is 0.692. The number of hydrogen-bond donors (Lipinski definition) is 2. The van der Waals surface area contributed by atoms with Gasteiger partial charge in [0, 0.05) is 19.7 Å². The van der Waals surface area contributed by atoms with Crippen LogP contribution in [-0.2, 0) is 15.9 Å². The summed E-state index contributed by atoms with van der Waals surface area (Å²) in [6.45, 7) is 4.11. The van der Waals surface area contributed by atoms with Gasteiger partial charge >= 0.3 is 0 Å². The third-order valence-electron chi connectivity index (χ3n) is 2.57. The zero-order valence-electron chi connectivity index (χ0n) is 11.1. The van der Waals surface area contributed by atoms with Gasteiger partial charge in [-0.15, -0.1) is 0 Å². The van der Waals surface area contributed by atoms with Crippen molar-refractivity contribution in [2.24, 2.45) is 0 Å². The van der Waals surface area contributed by atoms with E-state index in [1.165, 1.54) is 5.56 Å². The molecule has 2 N–H and O–H groups in total. The first kappa shape index (κ1) is 15.6. The predicted octanol–water partition coefficient (Wildman–Crippen LogP) is 1.29. The molecule has 1 rings (SSSR count). The number of hydrogen-bond acceptors (Lipinski definition) is 5. The van der Waals surface area contributed by atoms with Crippen molar-refractivity contribution >= 4 is 11.3 Å². The van der Waals surface area contributed by atoms with E-state index in [-0.39, 0.29) is 0 Å². The van der Waals surface area contributed by atoms with Crippen LogP contribution in [0.3, 0.4) is 0 Å². The standard InChI is InChI=1S/C13H23NO3S/c1-11(7-12-3-6-18-10-12)14-8-13(15)9-17-5-4-16-2/h3,6,10-11,13-15H,4-5,7-9H2,1-2H3. The molecule has 0 fully saturated rings. The Morgan fingerprint density at radius 1 is 1.44 bits per heavy atom. The quantitative estimate of drug-likeness (QED) is 0.631.